The summed E-state index contributed by atoms with van der Waals surface area (Å²) in [7, 11) is -4.04. The molecular formula is C15H15NO4S. The molecule has 2 aromatic carbocycles. The molecule has 6 heteroatoms. The molecule has 3 rings (SSSR count). The SMILES string of the molecule is O=C(O)C1(S(=O)(=O)c2cccc3ccccc23)CCCN1. The number of carbonyl (C=O) groups is 1. The number of carboxylic acid groups (broad SMARTS) is 1. The lowest BCUT2D eigenvalue weighted by Gasteiger charge is -2.25. The predicted octanol–water partition coefficient (Wildman–Crippen LogP) is 1.78. The Morgan fingerprint density at radius 2 is 1.86 bits per heavy atom. The van der Waals surface area contributed by atoms with Crippen molar-refractivity contribution in [2.75, 3.05) is 6.54 Å². The topological polar surface area (TPSA) is 83.5 Å². The van der Waals surface area contributed by atoms with E-state index in [9.17, 15) is 18.3 Å². The Balaban J connectivity index is 2.28. The van der Waals surface area contributed by atoms with Crippen LogP contribution in [0.1, 0.15) is 12.8 Å². The van der Waals surface area contributed by atoms with Crippen LogP contribution in [-0.2, 0) is 14.6 Å². The van der Waals surface area contributed by atoms with E-state index >= 15 is 0 Å². The van der Waals surface area contributed by atoms with Gasteiger partial charge in [0.25, 0.3) is 0 Å². The molecule has 1 saturated heterocycles. The number of sulfone groups is 1. The van der Waals surface area contributed by atoms with Gasteiger partial charge >= 0.3 is 5.97 Å². The van der Waals surface area contributed by atoms with Gasteiger partial charge in [0.2, 0.25) is 14.7 Å². The molecule has 110 valence electrons. The summed E-state index contributed by atoms with van der Waals surface area (Å²) < 4.78 is 25.9. The molecule has 1 aliphatic heterocycles. The van der Waals surface area contributed by atoms with Crippen LogP contribution in [0.4, 0.5) is 0 Å². The second-order valence-electron chi connectivity index (χ2n) is 5.14. The quantitative estimate of drug-likeness (QED) is 0.903. The molecule has 1 aliphatic rings. The van der Waals surface area contributed by atoms with E-state index in [1.165, 1.54) is 6.07 Å². The summed E-state index contributed by atoms with van der Waals surface area (Å²) in [4.78, 5) is 9.79. The minimum atomic E-state index is -4.04. The van der Waals surface area contributed by atoms with Crippen molar-refractivity contribution >= 4 is 26.6 Å². The summed E-state index contributed by atoms with van der Waals surface area (Å²) in [6.07, 6.45) is 0.601. The van der Waals surface area contributed by atoms with Gasteiger partial charge in [-0.3, -0.25) is 5.32 Å². The van der Waals surface area contributed by atoms with Gasteiger partial charge in [0.15, 0.2) is 0 Å². The zero-order valence-electron chi connectivity index (χ0n) is 11.2. The first kappa shape index (κ1) is 14.0. The highest BCUT2D eigenvalue weighted by atomic mass is 32.2. The van der Waals surface area contributed by atoms with Crippen molar-refractivity contribution < 1.29 is 18.3 Å². The first-order valence-electron chi connectivity index (χ1n) is 6.70. The highest BCUT2D eigenvalue weighted by molar-refractivity contribution is 7.93. The van der Waals surface area contributed by atoms with Gasteiger partial charge in [-0.15, -0.1) is 0 Å². The molecule has 0 bridgehead atoms. The van der Waals surface area contributed by atoms with E-state index in [-0.39, 0.29) is 11.3 Å². The highest BCUT2D eigenvalue weighted by Crippen LogP contribution is 2.35. The van der Waals surface area contributed by atoms with Crippen molar-refractivity contribution in [2.24, 2.45) is 0 Å². The Kier molecular flexibility index (Phi) is 3.22. The number of fused-ring (bicyclic) bond motifs is 1. The zero-order valence-corrected chi connectivity index (χ0v) is 12.1. The third-order valence-electron chi connectivity index (χ3n) is 3.96. The molecule has 5 nitrogen and oxygen atoms in total. The number of nitrogens with one attached hydrogen (secondary N) is 1. The van der Waals surface area contributed by atoms with Gasteiger partial charge in [0, 0.05) is 5.39 Å². The van der Waals surface area contributed by atoms with Crippen molar-refractivity contribution in [3.8, 4) is 0 Å². The Morgan fingerprint density at radius 3 is 2.52 bits per heavy atom. The van der Waals surface area contributed by atoms with Crippen LogP contribution in [-0.4, -0.2) is 30.9 Å². The van der Waals surface area contributed by atoms with Gasteiger partial charge in [-0.05, 0) is 30.8 Å². The van der Waals surface area contributed by atoms with Gasteiger partial charge in [-0.2, -0.15) is 0 Å². The molecule has 1 fully saturated rings. The maximum Gasteiger partial charge on any atom is 0.340 e. The van der Waals surface area contributed by atoms with Crippen molar-refractivity contribution in [2.45, 2.75) is 22.6 Å². The fourth-order valence-corrected chi connectivity index (χ4v) is 4.90. The zero-order chi connectivity index (χ0) is 15.1. The third kappa shape index (κ3) is 1.94. The molecular weight excluding hydrogens is 290 g/mol. The van der Waals surface area contributed by atoms with Gasteiger partial charge < -0.3 is 5.11 Å². The molecule has 1 heterocycles. The molecule has 0 aliphatic carbocycles. The largest absolute Gasteiger partial charge is 0.479 e. The lowest BCUT2D eigenvalue weighted by molar-refractivity contribution is -0.140. The van der Waals surface area contributed by atoms with E-state index in [4.69, 9.17) is 0 Å². The summed E-state index contributed by atoms with van der Waals surface area (Å²) in [6, 6.07) is 12.0. The van der Waals surface area contributed by atoms with Crippen LogP contribution < -0.4 is 5.32 Å². The number of rotatable bonds is 3. The maximum absolute atomic E-state index is 13.0. The maximum atomic E-state index is 13.0. The molecule has 0 radical (unpaired) electrons. The van der Waals surface area contributed by atoms with Crippen molar-refractivity contribution in [3.63, 3.8) is 0 Å². The number of hydrogen-bond acceptors (Lipinski definition) is 4. The summed E-state index contributed by atoms with van der Waals surface area (Å²) in [6.45, 7) is 0.385. The van der Waals surface area contributed by atoms with E-state index in [1.54, 1.807) is 18.2 Å². The highest BCUT2D eigenvalue weighted by Gasteiger charge is 2.53. The first-order valence-corrected chi connectivity index (χ1v) is 8.18. The number of hydrogen-bond donors (Lipinski definition) is 2. The van der Waals surface area contributed by atoms with Crippen LogP contribution in [0.15, 0.2) is 47.4 Å². The molecule has 21 heavy (non-hydrogen) atoms. The number of aliphatic carboxylic acids is 1. The smallest absolute Gasteiger partial charge is 0.340 e. The Labute approximate surface area is 122 Å². The van der Waals surface area contributed by atoms with Gasteiger partial charge in [-0.1, -0.05) is 36.4 Å². The van der Waals surface area contributed by atoms with Crippen molar-refractivity contribution in [1.82, 2.24) is 5.32 Å². The van der Waals surface area contributed by atoms with E-state index < -0.39 is 20.7 Å². The lowest BCUT2D eigenvalue weighted by Crippen LogP contribution is -2.54. The van der Waals surface area contributed by atoms with E-state index in [1.807, 2.05) is 18.2 Å². The molecule has 2 N–H and O–H groups in total. The van der Waals surface area contributed by atoms with E-state index in [2.05, 4.69) is 5.32 Å². The molecule has 0 spiro atoms. The van der Waals surface area contributed by atoms with Crippen molar-refractivity contribution in [3.05, 3.63) is 42.5 Å². The van der Waals surface area contributed by atoms with Crippen LogP contribution in [0, 0.1) is 0 Å². The van der Waals surface area contributed by atoms with Gasteiger partial charge in [-0.25, -0.2) is 13.2 Å². The minimum absolute atomic E-state index is 0.0670. The minimum Gasteiger partial charge on any atom is -0.479 e. The summed E-state index contributed by atoms with van der Waals surface area (Å²) in [5, 5.41) is 13.5. The van der Waals surface area contributed by atoms with Crippen LogP contribution >= 0.6 is 0 Å². The number of benzene rings is 2. The predicted molar refractivity (Wildman–Crippen MR) is 78.7 cm³/mol. The van der Waals surface area contributed by atoms with E-state index in [0.717, 1.165) is 5.39 Å². The fourth-order valence-electron chi connectivity index (χ4n) is 2.86. The summed E-state index contributed by atoms with van der Waals surface area (Å²) in [5.74, 6) is -1.34. The Bertz CT molecular complexity index is 802. The monoisotopic (exact) mass is 305 g/mol. The Hall–Kier alpha value is -1.92. The lowest BCUT2D eigenvalue weighted by atomic mass is 10.1. The summed E-state index contributed by atoms with van der Waals surface area (Å²) >= 11 is 0. The molecule has 1 unspecified atom stereocenters. The molecule has 0 aromatic heterocycles. The third-order valence-corrected chi connectivity index (χ3v) is 6.34. The van der Waals surface area contributed by atoms with Crippen LogP contribution in [0.25, 0.3) is 10.8 Å². The molecule has 0 saturated carbocycles. The molecule has 2 aromatic rings. The van der Waals surface area contributed by atoms with Gasteiger partial charge in [0.1, 0.15) is 0 Å². The van der Waals surface area contributed by atoms with Crippen LogP contribution in [0.2, 0.25) is 0 Å². The number of carboxylic acids is 1. The second-order valence-corrected chi connectivity index (χ2v) is 7.29. The normalized spacial score (nSPS) is 22.5. The summed E-state index contributed by atoms with van der Waals surface area (Å²) in [5.41, 5.74) is 0. The average Bonchev–Trinajstić information content (AvgIpc) is 2.98. The fraction of sp³-hybridized carbons (Fsp3) is 0.267. The first-order chi connectivity index (χ1) is 9.99. The molecule has 0 amide bonds. The van der Waals surface area contributed by atoms with E-state index in [0.29, 0.717) is 18.4 Å². The van der Waals surface area contributed by atoms with Crippen LogP contribution in [0.5, 0.6) is 0 Å². The Morgan fingerprint density at radius 1 is 1.14 bits per heavy atom. The second kappa shape index (κ2) is 4.82. The average molecular weight is 305 g/mol. The molecule has 1 atom stereocenters. The van der Waals surface area contributed by atoms with Gasteiger partial charge in [0.05, 0.1) is 4.90 Å². The van der Waals surface area contributed by atoms with Crippen molar-refractivity contribution in [1.29, 1.82) is 0 Å². The standard InChI is InChI=1S/C15H15NO4S/c17-14(18)15(9-4-10-16-15)21(19,20)13-8-3-6-11-5-1-2-7-12(11)13/h1-3,5-8,16H,4,9-10H2,(H,17,18). The van der Waals surface area contributed by atoms with Crippen LogP contribution in [0.3, 0.4) is 0 Å².